The predicted octanol–water partition coefficient (Wildman–Crippen LogP) is 3.12. The number of carbonyl (C=O) groups excluding carboxylic acids is 1. The highest BCUT2D eigenvalue weighted by atomic mass is 32.2. The van der Waals surface area contributed by atoms with Crippen molar-refractivity contribution < 1.29 is 17.6 Å². The second-order valence-electron chi connectivity index (χ2n) is 6.72. The minimum absolute atomic E-state index is 0.0544. The Kier molecular flexibility index (Phi) is 6.84. The van der Waals surface area contributed by atoms with Gasteiger partial charge >= 0.3 is 0 Å². The Morgan fingerprint density at radius 3 is 2.54 bits per heavy atom. The summed E-state index contributed by atoms with van der Waals surface area (Å²) in [6.07, 6.45) is 7.84. The van der Waals surface area contributed by atoms with E-state index in [9.17, 15) is 13.2 Å². The van der Waals surface area contributed by atoms with Crippen LogP contribution in [-0.2, 0) is 14.8 Å². The lowest BCUT2D eigenvalue weighted by molar-refractivity contribution is -0.127. The highest BCUT2D eigenvalue weighted by Crippen LogP contribution is 2.17. The van der Waals surface area contributed by atoms with Crippen molar-refractivity contribution in [1.29, 1.82) is 0 Å². The third-order valence-electron chi connectivity index (χ3n) is 4.67. The largest absolute Gasteiger partial charge is 0.465 e. The van der Waals surface area contributed by atoms with E-state index < -0.39 is 10.0 Å². The molecule has 0 saturated carbocycles. The van der Waals surface area contributed by atoms with E-state index >= 15 is 0 Å². The number of hydrogen-bond donors (Lipinski definition) is 1. The lowest BCUT2D eigenvalue weighted by Crippen LogP contribution is -2.40. The van der Waals surface area contributed by atoms with Gasteiger partial charge in [0.1, 0.15) is 5.76 Å². The Balaban J connectivity index is 1.42. The van der Waals surface area contributed by atoms with Crippen molar-refractivity contribution in [2.75, 3.05) is 19.6 Å². The van der Waals surface area contributed by atoms with Gasteiger partial charge in [-0.1, -0.05) is 30.3 Å². The molecule has 0 bridgehead atoms. The van der Waals surface area contributed by atoms with Gasteiger partial charge in [0.05, 0.1) is 6.26 Å². The molecular weight excluding hydrogens is 376 g/mol. The van der Waals surface area contributed by atoms with Crippen LogP contribution >= 0.6 is 0 Å². The van der Waals surface area contributed by atoms with Gasteiger partial charge < -0.3 is 9.32 Å². The van der Waals surface area contributed by atoms with E-state index in [1.54, 1.807) is 35.4 Å². The summed E-state index contributed by atoms with van der Waals surface area (Å²) in [7, 11) is -3.48. The van der Waals surface area contributed by atoms with Crippen LogP contribution in [0.5, 0.6) is 0 Å². The van der Waals surface area contributed by atoms with E-state index in [0.717, 1.165) is 18.4 Å². The monoisotopic (exact) mass is 400 g/mol. The van der Waals surface area contributed by atoms with Crippen molar-refractivity contribution in [1.82, 2.24) is 9.62 Å². The summed E-state index contributed by atoms with van der Waals surface area (Å²) in [5.74, 6) is 0.806. The SMILES string of the molecule is O=C(C=Cc1ccco1)N1CCC(CNS(=O)(=O)C=Cc2ccccc2)CC1. The average Bonchev–Trinajstić information content (AvgIpc) is 3.24. The number of nitrogens with one attached hydrogen (secondary N) is 1. The third-order valence-corrected chi connectivity index (χ3v) is 5.74. The van der Waals surface area contributed by atoms with Gasteiger partial charge in [0.2, 0.25) is 15.9 Å². The molecule has 0 spiro atoms. The first kappa shape index (κ1) is 20.1. The number of piperidine rings is 1. The van der Waals surface area contributed by atoms with Gasteiger partial charge in [-0.05, 0) is 48.6 Å². The summed E-state index contributed by atoms with van der Waals surface area (Å²) in [4.78, 5) is 14.0. The van der Waals surface area contributed by atoms with Crippen LogP contribution in [0.25, 0.3) is 12.2 Å². The number of sulfonamides is 1. The number of hydrogen-bond acceptors (Lipinski definition) is 4. The van der Waals surface area contributed by atoms with Gasteiger partial charge in [-0.25, -0.2) is 13.1 Å². The average molecular weight is 401 g/mol. The number of rotatable bonds is 7. The molecule has 148 valence electrons. The molecule has 1 aliphatic rings. The number of benzene rings is 1. The Bertz CT molecular complexity index is 911. The van der Waals surface area contributed by atoms with Crippen LogP contribution in [0.3, 0.4) is 0 Å². The Hall–Kier alpha value is -2.64. The van der Waals surface area contributed by atoms with Crippen molar-refractivity contribution in [3.8, 4) is 0 Å². The first-order valence-corrected chi connectivity index (χ1v) is 10.8. The summed E-state index contributed by atoms with van der Waals surface area (Å²) in [6.45, 7) is 1.62. The number of carbonyl (C=O) groups is 1. The molecule has 1 aromatic heterocycles. The standard InChI is InChI=1S/C21H24N2O4S/c24-21(9-8-20-7-4-15-27-20)23-13-10-19(11-14-23)17-22-28(25,26)16-12-18-5-2-1-3-6-18/h1-9,12,15-16,19,22H,10-11,13-14,17H2. The van der Waals surface area contributed by atoms with Gasteiger partial charge in [-0.3, -0.25) is 4.79 Å². The topological polar surface area (TPSA) is 79.6 Å². The van der Waals surface area contributed by atoms with E-state index in [1.807, 2.05) is 30.3 Å². The highest BCUT2D eigenvalue weighted by molar-refractivity contribution is 7.92. The molecule has 0 aliphatic carbocycles. The minimum Gasteiger partial charge on any atom is -0.465 e. The zero-order valence-electron chi connectivity index (χ0n) is 15.5. The summed E-state index contributed by atoms with van der Waals surface area (Å²) in [6, 6.07) is 12.9. The molecule has 0 radical (unpaired) electrons. The predicted molar refractivity (Wildman–Crippen MR) is 109 cm³/mol. The Labute approximate surface area is 165 Å². The maximum atomic E-state index is 12.2. The molecule has 1 aliphatic heterocycles. The zero-order chi connectivity index (χ0) is 19.8. The third kappa shape index (κ3) is 6.21. The molecule has 0 atom stereocenters. The Morgan fingerprint density at radius 2 is 1.86 bits per heavy atom. The van der Waals surface area contributed by atoms with Crippen molar-refractivity contribution >= 4 is 28.1 Å². The van der Waals surface area contributed by atoms with E-state index in [1.165, 1.54) is 11.5 Å². The highest BCUT2D eigenvalue weighted by Gasteiger charge is 2.22. The van der Waals surface area contributed by atoms with Crippen molar-refractivity contribution in [2.45, 2.75) is 12.8 Å². The van der Waals surface area contributed by atoms with Gasteiger partial charge in [0, 0.05) is 31.1 Å². The number of nitrogens with zero attached hydrogens (tertiary/aromatic N) is 1. The number of furan rings is 1. The molecule has 28 heavy (non-hydrogen) atoms. The summed E-state index contributed by atoms with van der Waals surface area (Å²) < 4.78 is 32.1. The van der Waals surface area contributed by atoms with E-state index in [0.29, 0.717) is 25.4 Å². The second-order valence-corrected chi connectivity index (χ2v) is 8.38. The molecule has 6 nitrogen and oxygen atoms in total. The maximum Gasteiger partial charge on any atom is 0.246 e. The van der Waals surface area contributed by atoms with Gasteiger partial charge in [0.25, 0.3) is 0 Å². The fourth-order valence-electron chi connectivity index (χ4n) is 3.02. The molecule has 1 amide bonds. The summed E-state index contributed by atoms with van der Waals surface area (Å²) in [5, 5.41) is 1.19. The van der Waals surface area contributed by atoms with Crippen molar-refractivity contribution in [3.63, 3.8) is 0 Å². The van der Waals surface area contributed by atoms with Crippen LogP contribution in [0, 0.1) is 5.92 Å². The molecular formula is C21H24N2O4S. The Morgan fingerprint density at radius 1 is 1.11 bits per heavy atom. The molecule has 1 saturated heterocycles. The van der Waals surface area contributed by atoms with E-state index in [4.69, 9.17) is 4.42 Å². The van der Waals surface area contributed by atoms with Gasteiger partial charge in [0.15, 0.2) is 0 Å². The van der Waals surface area contributed by atoms with Crippen LogP contribution in [0.2, 0.25) is 0 Å². The van der Waals surface area contributed by atoms with Crippen LogP contribution in [0.15, 0.2) is 64.6 Å². The lowest BCUT2D eigenvalue weighted by atomic mass is 9.97. The zero-order valence-corrected chi connectivity index (χ0v) is 16.3. The van der Waals surface area contributed by atoms with Gasteiger partial charge in [-0.15, -0.1) is 0 Å². The summed E-state index contributed by atoms with van der Waals surface area (Å²) in [5.41, 5.74) is 0.835. The summed E-state index contributed by atoms with van der Waals surface area (Å²) >= 11 is 0. The van der Waals surface area contributed by atoms with E-state index in [2.05, 4.69) is 4.72 Å². The van der Waals surface area contributed by atoms with E-state index in [-0.39, 0.29) is 11.8 Å². The molecule has 2 heterocycles. The smallest absolute Gasteiger partial charge is 0.246 e. The molecule has 1 N–H and O–H groups in total. The van der Waals surface area contributed by atoms with Crippen LogP contribution in [-0.4, -0.2) is 38.9 Å². The van der Waals surface area contributed by atoms with Gasteiger partial charge in [-0.2, -0.15) is 0 Å². The minimum atomic E-state index is -3.48. The second kappa shape index (κ2) is 9.52. The van der Waals surface area contributed by atoms with Crippen molar-refractivity contribution in [3.05, 3.63) is 71.5 Å². The molecule has 3 rings (SSSR count). The first-order valence-electron chi connectivity index (χ1n) is 9.25. The molecule has 1 fully saturated rings. The fourth-order valence-corrected chi connectivity index (χ4v) is 3.92. The lowest BCUT2D eigenvalue weighted by Gasteiger charge is -2.31. The van der Waals surface area contributed by atoms with Crippen molar-refractivity contribution in [2.24, 2.45) is 5.92 Å². The molecule has 0 unspecified atom stereocenters. The van der Waals surface area contributed by atoms with Crippen LogP contribution < -0.4 is 4.72 Å². The molecule has 7 heteroatoms. The molecule has 2 aromatic rings. The normalized spacial score (nSPS) is 16.2. The fraction of sp³-hybridized carbons (Fsp3) is 0.286. The first-order chi connectivity index (χ1) is 13.5. The van der Waals surface area contributed by atoms with Crippen LogP contribution in [0.1, 0.15) is 24.2 Å². The molecule has 1 aromatic carbocycles. The quantitative estimate of drug-likeness (QED) is 0.724. The number of amides is 1. The maximum absolute atomic E-state index is 12.2. The number of likely N-dealkylation sites (tertiary alicyclic amines) is 1. The van der Waals surface area contributed by atoms with Crippen LogP contribution in [0.4, 0.5) is 0 Å².